The van der Waals surface area contributed by atoms with Gasteiger partial charge in [0, 0.05) is 18.9 Å². The smallest absolute Gasteiger partial charge is 0.305 e. The lowest BCUT2D eigenvalue weighted by Gasteiger charge is -2.26. The summed E-state index contributed by atoms with van der Waals surface area (Å²) < 4.78 is 16.9. The number of methoxy groups -OCH3 is 1. The Morgan fingerprint density at radius 2 is 1.94 bits per heavy atom. The number of benzene rings is 1. The number of carbonyl (C=O) groups is 2. The summed E-state index contributed by atoms with van der Waals surface area (Å²) in [5.41, 5.74) is 2.71. The second-order valence-electron chi connectivity index (χ2n) is 9.06. The van der Waals surface area contributed by atoms with Crippen LogP contribution < -0.4 is 5.32 Å². The van der Waals surface area contributed by atoms with E-state index in [1.807, 2.05) is 12.1 Å². The van der Waals surface area contributed by atoms with Crippen molar-refractivity contribution in [3.05, 3.63) is 53.2 Å². The van der Waals surface area contributed by atoms with Gasteiger partial charge in [0.25, 0.3) is 5.91 Å². The second kappa shape index (κ2) is 11.0. The Bertz CT molecular complexity index is 956. The lowest BCUT2D eigenvalue weighted by molar-refractivity contribution is -0.140. The molecule has 2 fully saturated rings. The number of oxazole rings is 1. The fourth-order valence-corrected chi connectivity index (χ4v) is 5.18. The number of amides is 1. The molecule has 0 aliphatic carbocycles. The molecule has 0 radical (unpaired) electrons. The molecule has 7 nitrogen and oxygen atoms in total. The molecule has 1 aromatic heterocycles. The Morgan fingerprint density at radius 1 is 1.15 bits per heavy atom. The maximum absolute atomic E-state index is 12.5. The van der Waals surface area contributed by atoms with Crippen molar-refractivity contribution in [3.63, 3.8) is 0 Å². The van der Waals surface area contributed by atoms with Gasteiger partial charge in [0.05, 0.1) is 25.2 Å². The van der Waals surface area contributed by atoms with Gasteiger partial charge in [-0.15, -0.1) is 0 Å². The van der Waals surface area contributed by atoms with Crippen LogP contribution in [0, 0.1) is 5.92 Å². The maximum Gasteiger partial charge on any atom is 0.305 e. The van der Waals surface area contributed by atoms with E-state index in [1.54, 1.807) is 0 Å². The number of hydrogen-bond donors (Lipinski definition) is 1. The Hall–Kier alpha value is -2.67. The number of esters is 1. The Morgan fingerprint density at radius 3 is 2.73 bits per heavy atom. The molecule has 2 saturated heterocycles. The number of ether oxygens (including phenoxy) is 2. The third-order valence-corrected chi connectivity index (χ3v) is 6.93. The molecular formula is C26H34N2O5. The van der Waals surface area contributed by atoms with E-state index in [9.17, 15) is 9.59 Å². The minimum absolute atomic E-state index is 0.0269. The van der Waals surface area contributed by atoms with Crippen LogP contribution in [0.25, 0.3) is 0 Å². The monoisotopic (exact) mass is 454 g/mol. The maximum atomic E-state index is 12.5. The molecule has 3 heterocycles. The molecule has 0 saturated carbocycles. The van der Waals surface area contributed by atoms with Gasteiger partial charge in [0.15, 0.2) is 5.69 Å². The van der Waals surface area contributed by atoms with Gasteiger partial charge in [-0.05, 0) is 43.2 Å². The molecule has 7 heteroatoms. The number of unbranched alkanes of at least 4 members (excludes halogenated alkanes) is 2. The highest BCUT2D eigenvalue weighted by Crippen LogP contribution is 2.49. The van der Waals surface area contributed by atoms with Gasteiger partial charge in [0.2, 0.25) is 5.89 Å². The van der Waals surface area contributed by atoms with Crippen LogP contribution in [-0.4, -0.2) is 42.7 Å². The Balaban J connectivity index is 1.46. The van der Waals surface area contributed by atoms with E-state index in [4.69, 9.17) is 13.9 Å². The minimum atomic E-state index is -0.203. The predicted molar refractivity (Wildman–Crippen MR) is 123 cm³/mol. The van der Waals surface area contributed by atoms with E-state index in [2.05, 4.69) is 29.4 Å². The number of rotatable bonds is 11. The number of nitrogens with zero attached hydrogens (tertiary/aromatic N) is 1. The van der Waals surface area contributed by atoms with Gasteiger partial charge in [-0.25, -0.2) is 4.98 Å². The summed E-state index contributed by atoms with van der Waals surface area (Å²) >= 11 is 0. The zero-order valence-electron chi connectivity index (χ0n) is 19.5. The van der Waals surface area contributed by atoms with Crippen LogP contribution in [0.15, 0.2) is 34.9 Å². The summed E-state index contributed by atoms with van der Waals surface area (Å²) in [5.74, 6) is 0.459. The van der Waals surface area contributed by atoms with Crippen molar-refractivity contribution in [3.8, 4) is 0 Å². The molecule has 2 aliphatic rings. The molecule has 1 amide bonds. The first-order valence-electron chi connectivity index (χ1n) is 12.1. The lowest BCUT2D eigenvalue weighted by Crippen LogP contribution is -2.28. The number of nitrogens with one attached hydrogen (secondary N) is 1. The lowest BCUT2D eigenvalue weighted by atomic mass is 9.75. The SMILES string of the molecule is CCCCCNC(=O)c1coc([C@H]2[C@@H](Cc3ccccc3CCC(=O)OC)[C@@H]3CC[C@H]2O3)n1. The summed E-state index contributed by atoms with van der Waals surface area (Å²) in [7, 11) is 1.42. The van der Waals surface area contributed by atoms with Crippen molar-refractivity contribution >= 4 is 11.9 Å². The third kappa shape index (κ3) is 5.46. The van der Waals surface area contributed by atoms with Gasteiger partial charge >= 0.3 is 5.97 Å². The average molecular weight is 455 g/mol. The predicted octanol–water partition coefficient (Wildman–Crippen LogP) is 4.20. The number of fused-ring (bicyclic) bond motifs is 2. The quantitative estimate of drug-likeness (QED) is 0.404. The molecule has 0 spiro atoms. The molecule has 178 valence electrons. The molecule has 2 bridgehead atoms. The zero-order chi connectivity index (χ0) is 23.2. The van der Waals surface area contributed by atoms with Crippen molar-refractivity contribution in [2.75, 3.05) is 13.7 Å². The van der Waals surface area contributed by atoms with Crippen LogP contribution in [0.5, 0.6) is 0 Å². The fourth-order valence-electron chi connectivity index (χ4n) is 5.18. The van der Waals surface area contributed by atoms with E-state index < -0.39 is 0 Å². The van der Waals surface area contributed by atoms with Crippen molar-refractivity contribution in [1.29, 1.82) is 0 Å². The minimum Gasteiger partial charge on any atom is -0.469 e. The van der Waals surface area contributed by atoms with Crippen LogP contribution in [0.4, 0.5) is 0 Å². The van der Waals surface area contributed by atoms with Crippen LogP contribution >= 0.6 is 0 Å². The molecule has 4 rings (SSSR count). The van der Waals surface area contributed by atoms with Gasteiger partial charge < -0.3 is 19.2 Å². The number of aryl methyl sites for hydroxylation is 1. The molecule has 1 aromatic carbocycles. The van der Waals surface area contributed by atoms with Gasteiger partial charge in [-0.2, -0.15) is 0 Å². The van der Waals surface area contributed by atoms with Crippen LogP contribution in [-0.2, 0) is 27.1 Å². The van der Waals surface area contributed by atoms with E-state index in [0.717, 1.165) is 44.1 Å². The van der Waals surface area contributed by atoms with Crippen LogP contribution in [0.2, 0.25) is 0 Å². The topological polar surface area (TPSA) is 90.7 Å². The summed E-state index contributed by atoms with van der Waals surface area (Å²) in [5, 5.41) is 2.93. The third-order valence-electron chi connectivity index (χ3n) is 6.93. The molecule has 33 heavy (non-hydrogen) atoms. The van der Waals surface area contributed by atoms with Crippen molar-refractivity contribution < 1.29 is 23.5 Å². The Labute approximate surface area is 195 Å². The first-order chi connectivity index (χ1) is 16.1. The van der Waals surface area contributed by atoms with Crippen molar-refractivity contribution in [2.24, 2.45) is 5.92 Å². The first-order valence-corrected chi connectivity index (χ1v) is 12.1. The fraction of sp³-hybridized carbons (Fsp3) is 0.577. The van der Waals surface area contributed by atoms with E-state index in [0.29, 0.717) is 31.0 Å². The summed E-state index contributed by atoms with van der Waals surface area (Å²) in [4.78, 5) is 28.7. The second-order valence-corrected chi connectivity index (χ2v) is 9.06. The number of aromatic nitrogens is 1. The molecule has 1 N–H and O–H groups in total. The first kappa shape index (κ1) is 23.5. The largest absolute Gasteiger partial charge is 0.469 e. The molecular weight excluding hydrogens is 420 g/mol. The van der Waals surface area contributed by atoms with Crippen molar-refractivity contribution in [2.45, 2.75) is 76.4 Å². The molecule has 0 unspecified atom stereocenters. The summed E-state index contributed by atoms with van der Waals surface area (Å²) in [6.45, 7) is 2.79. The van der Waals surface area contributed by atoms with E-state index in [1.165, 1.54) is 18.9 Å². The zero-order valence-corrected chi connectivity index (χ0v) is 19.5. The van der Waals surface area contributed by atoms with Crippen molar-refractivity contribution in [1.82, 2.24) is 10.3 Å². The summed E-state index contributed by atoms with van der Waals surface area (Å²) in [6.07, 6.45) is 8.72. The summed E-state index contributed by atoms with van der Waals surface area (Å²) in [6, 6.07) is 8.24. The van der Waals surface area contributed by atoms with E-state index in [-0.39, 0.29) is 35.9 Å². The van der Waals surface area contributed by atoms with Crippen LogP contribution in [0.3, 0.4) is 0 Å². The highest BCUT2D eigenvalue weighted by molar-refractivity contribution is 5.91. The highest BCUT2D eigenvalue weighted by Gasteiger charge is 2.51. The number of carbonyl (C=O) groups excluding carboxylic acids is 2. The number of hydrogen-bond acceptors (Lipinski definition) is 6. The molecule has 2 aromatic rings. The van der Waals surface area contributed by atoms with Gasteiger partial charge in [-0.1, -0.05) is 44.0 Å². The average Bonchev–Trinajstić information content (AvgIpc) is 3.57. The van der Waals surface area contributed by atoms with Gasteiger partial charge in [0.1, 0.15) is 6.26 Å². The molecule has 2 aliphatic heterocycles. The Kier molecular flexibility index (Phi) is 7.81. The van der Waals surface area contributed by atoms with E-state index >= 15 is 0 Å². The van der Waals surface area contributed by atoms with Gasteiger partial charge in [-0.3, -0.25) is 9.59 Å². The van der Waals surface area contributed by atoms with Crippen LogP contribution in [0.1, 0.15) is 78.9 Å². The normalized spacial score (nSPS) is 23.6. The standard InChI is InChI=1S/C26H34N2O5/c1-3-4-7-14-27-25(30)20-16-32-26(28-20)24-19(21-11-12-22(24)33-21)15-18-9-6-5-8-17(18)10-13-23(29)31-2/h5-6,8-9,16,19,21-22,24H,3-4,7,10-15H2,1-2H3,(H,27,30)/t19-,21-,22+,24-/m0/s1. The molecule has 4 atom stereocenters. The highest BCUT2D eigenvalue weighted by atomic mass is 16.5.